The van der Waals surface area contributed by atoms with E-state index >= 15 is 0 Å². The molecule has 2 fully saturated rings. The van der Waals surface area contributed by atoms with Crippen LogP contribution < -0.4 is 10.6 Å². The molecular weight excluding hydrogens is 334 g/mol. The number of nitrogens with two attached hydrogens (primary N) is 1. The van der Waals surface area contributed by atoms with Crippen molar-refractivity contribution in [3.05, 3.63) is 59.7 Å². The van der Waals surface area contributed by atoms with E-state index < -0.39 is 0 Å². The van der Waals surface area contributed by atoms with Crippen molar-refractivity contribution in [3.8, 4) is 0 Å². The highest BCUT2D eigenvalue weighted by molar-refractivity contribution is 5.53. The third-order valence-corrected chi connectivity index (χ3v) is 6.86. The van der Waals surface area contributed by atoms with Gasteiger partial charge in [0, 0.05) is 43.6 Å². The molecule has 2 aliphatic heterocycles. The second-order valence-corrected chi connectivity index (χ2v) is 8.29. The Hall–Kier alpha value is -2.04. The zero-order valence-corrected chi connectivity index (χ0v) is 15.9. The highest BCUT2D eigenvalue weighted by atomic mass is 16.5. The quantitative estimate of drug-likeness (QED) is 0.825. The van der Waals surface area contributed by atoms with Gasteiger partial charge >= 0.3 is 0 Å². The highest BCUT2D eigenvalue weighted by Crippen LogP contribution is 2.47. The van der Waals surface area contributed by atoms with Gasteiger partial charge in [-0.1, -0.05) is 24.3 Å². The summed E-state index contributed by atoms with van der Waals surface area (Å²) in [6.07, 6.45) is 4.81. The fourth-order valence-corrected chi connectivity index (χ4v) is 5.26. The lowest BCUT2D eigenvalue weighted by Crippen LogP contribution is -2.52. The summed E-state index contributed by atoms with van der Waals surface area (Å²) in [6, 6.07) is 17.8. The molecule has 1 spiro atoms. The molecule has 2 N–H and O–H groups in total. The van der Waals surface area contributed by atoms with Crippen LogP contribution in [0, 0.1) is 0 Å². The number of ether oxygens (including phenoxy) is 1. The Morgan fingerprint density at radius 2 is 1.59 bits per heavy atom. The molecule has 0 unspecified atom stereocenters. The van der Waals surface area contributed by atoms with Crippen LogP contribution >= 0.6 is 0 Å². The molecule has 4 nitrogen and oxygen atoms in total. The molecule has 1 aliphatic carbocycles. The summed E-state index contributed by atoms with van der Waals surface area (Å²) >= 11 is 0. The summed E-state index contributed by atoms with van der Waals surface area (Å²) < 4.78 is 6.34. The molecule has 1 saturated carbocycles. The van der Waals surface area contributed by atoms with E-state index in [0.717, 1.165) is 51.3 Å². The van der Waals surface area contributed by atoms with Gasteiger partial charge in [-0.15, -0.1) is 0 Å². The Kier molecular flexibility index (Phi) is 4.33. The van der Waals surface area contributed by atoms with E-state index in [4.69, 9.17) is 10.5 Å². The minimum Gasteiger partial charge on any atom is -0.399 e. The SMILES string of the molecule is Nc1ccc(N2CCN(C3CCC4(CC3)OCc3ccccc34)CC2)cc1. The van der Waals surface area contributed by atoms with E-state index in [2.05, 4.69) is 46.2 Å². The van der Waals surface area contributed by atoms with Crippen LogP contribution in [0.15, 0.2) is 48.5 Å². The fraction of sp³-hybridized carbons (Fsp3) is 0.478. The number of rotatable bonds is 2. The lowest BCUT2D eigenvalue weighted by atomic mass is 9.77. The normalized spacial score (nSPS) is 28.4. The van der Waals surface area contributed by atoms with Gasteiger partial charge in [0.2, 0.25) is 0 Å². The van der Waals surface area contributed by atoms with E-state index in [1.165, 1.54) is 29.7 Å². The second kappa shape index (κ2) is 6.84. The van der Waals surface area contributed by atoms with Crippen molar-refractivity contribution in [2.75, 3.05) is 36.8 Å². The van der Waals surface area contributed by atoms with Crippen molar-refractivity contribution in [2.45, 2.75) is 43.9 Å². The van der Waals surface area contributed by atoms with Crippen molar-refractivity contribution in [2.24, 2.45) is 0 Å². The highest BCUT2D eigenvalue weighted by Gasteiger charge is 2.43. The number of nitrogens with zero attached hydrogens (tertiary/aromatic N) is 2. The lowest BCUT2D eigenvalue weighted by molar-refractivity contribution is -0.0777. The molecular formula is C23H29N3O. The summed E-state index contributed by atoms with van der Waals surface area (Å²) in [5, 5.41) is 0. The molecule has 4 heteroatoms. The van der Waals surface area contributed by atoms with E-state index in [9.17, 15) is 0 Å². The zero-order chi connectivity index (χ0) is 18.3. The predicted molar refractivity (Wildman–Crippen MR) is 110 cm³/mol. The van der Waals surface area contributed by atoms with Gasteiger partial charge < -0.3 is 15.4 Å². The maximum Gasteiger partial charge on any atom is 0.0940 e. The van der Waals surface area contributed by atoms with Gasteiger partial charge in [-0.25, -0.2) is 0 Å². The van der Waals surface area contributed by atoms with Crippen LogP contribution in [0.4, 0.5) is 11.4 Å². The Bertz CT molecular complexity index is 788. The second-order valence-electron chi connectivity index (χ2n) is 8.29. The molecule has 2 aromatic rings. The first kappa shape index (κ1) is 17.1. The number of benzene rings is 2. The van der Waals surface area contributed by atoms with Crippen LogP contribution in [0.3, 0.4) is 0 Å². The van der Waals surface area contributed by atoms with Gasteiger partial charge in [-0.2, -0.15) is 0 Å². The van der Waals surface area contributed by atoms with Crippen LogP contribution in [0.1, 0.15) is 36.8 Å². The van der Waals surface area contributed by atoms with Gasteiger partial charge in [-0.05, 0) is 61.1 Å². The average Bonchev–Trinajstić information content (AvgIpc) is 3.08. The van der Waals surface area contributed by atoms with E-state index in [1.54, 1.807) is 0 Å². The molecule has 0 amide bonds. The van der Waals surface area contributed by atoms with Gasteiger partial charge in [0.05, 0.1) is 12.2 Å². The van der Waals surface area contributed by atoms with Crippen molar-refractivity contribution in [3.63, 3.8) is 0 Å². The molecule has 142 valence electrons. The van der Waals surface area contributed by atoms with E-state index in [1.807, 2.05) is 12.1 Å². The standard InChI is InChI=1S/C23H29N3O/c24-19-5-7-20(8-6-19)25-13-15-26(16-14-25)21-9-11-23(12-10-21)22-4-2-1-3-18(22)17-27-23/h1-8,21H,9-17,24H2. The maximum absolute atomic E-state index is 6.34. The van der Waals surface area contributed by atoms with Gasteiger partial charge in [0.15, 0.2) is 0 Å². The monoisotopic (exact) mass is 363 g/mol. The van der Waals surface area contributed by atoms with Crippen LogP contribution in [-0.2, 0) is 16.9 Å². The Labute approximate surface area is 161 Å². The molecule has 2 heterocycles. The van der Waals surface area contributed by atoms with Gasteiger partial charge in [-0.3, -0.25) is 4.90 Å². The third-order valence-electron chi connectivity index (χ3n) is 6.86. The smallest absolute Gasteiger partial charge is 0.0940 e. The van der Waals surface area contributed by atoms with Crippen LogP contribution in [0.5, 0.6) is 0 Å². The summed E-state index contributed by atoms with van der Waals surface area (Å²) in [4.78, 5) is 5.19. The molecule has 27 heavy (non-hydrogen) atoms. The number of hydrogen-bond acceptors (Lipinski definition) is 4. The molecule has 0 bridgehead atoms. The minimum absolute atomic E-state index is 0.00111. The van der Waals surface area contributed by atoms with Gasteiger partial charge in [0.1, 0.15) is 0 Å². The largest absolute Gasteiger partial charge is 0.399 e. The predicted octanol–water partition coefficient (Wildman–Crippen LogP) is 3.76. The van der Waals surface area contributed by atoms with Crippen molar-refractivity contribution < 1.29 is 4.74 Å². The molecule has 0 radical (unpaired) electrons. The number of nitrogen functional groups attached to an aromatic ring is 1. The Morgan fingerprint density at radius 3 is 2.33 bits per heavy atom. The maximum atomic E-state index is 6.34. The molecule has 1 saturated heterocycles. The molecule has 2 aromatic carbocycles. The minimum atomic E-state index is -0.00111. The number of fused-ring (bicyclic) bond motifs is 2. The first-order valence-electron chi connectivity index (χ1n) is 10.3. The van der Waals surface area contributed by atoms with Gasteiger partial charge in [0.25, 0.3) is 0 Å². The number of anilines is 2. The van der Waals surface area contributed by atoms with Crippen molar-refractivity contribution in [1.82, 2.24) is 4.90 Å². The topological polar surface area (TPSA) is 41.7 Å². The fourth-order valence-electron chi connectivity index (χ4n) is 5.26. The van der Waals surface area contributed by atoms with Crippen LogP contribution in [-0.4, -0.2) is 37.1 Å². The van der Waals surface area contributed by atoms with Crippen LogP contribution in [0.2, 0.25) is 0 Å². The Balaban J connectivity index is 1.19. The average molecular weight is 364 g/mol. The lowest BCUT2D eigenvalue weighted by Gasteiger charge is -2.45. The molecule has 5 rings (SSSR count). The first-order valence-corrected chi connectivity index (χ1v) is 10.3. The van der Waals surface area contributed by atoms with Crippen molar-refractivity contribution in [1.29, 1.82) is 0 Å². The summed E-state index contributed by atoms with van der Waals surface area (Å²) in [5.74, 6) is 0. The van der Waals surface area contributed by atoms with Crippen LogP contribution in [0.25, 0.3) is 0 Å². The number of hydrogen-bond donors (Lipinski definition) is 1. The third kappa shape index (κ3) is 3.11. The molecule has 3 aliphatic rings. The van der Waals surface area contributed by atoms with E-state index in [0.29, 0.717) is 6.04 Å². The summed E-state index contributed by atoms with van der Waals surface area (Å²) in [7, 11) is 0. The number of piperazine rings is 1. The molecule has 0 atom stereocenters. The van der Waals surface area contributed by atoms with Crippen molar-refractivity contribution >= 4 is 11.4 Å². The first-order chi connectivity index (χ1) is 13.2. The summed E-state index contributed by atoms with van der Waals surface area (Å²) in [5.41, 5.74) is 10.8. The molecule has 0 aromatic heterocycles. The zero-order valence-electron chi connectivity index (χ0n) is 15.9. The Morgan fingerprint density at radius 1 is 0.889 bits per heavy atom. The van der Waals surface area contributed by atoms with E-state index in [-0.39, 0.29) is 5.60 Å². The summed E-state index contributed by atoms with van der Waals surface area (Å²) in [6.45, 7) is 5.30.